The van der Waals surface area contributed by atoms with Crippen molar-refractivity contribution in [2.45, 2.75) is 6.92 Å². The molecule has 0 spiro atoms. The van der Waals surface area contributed by atoms with E-state index in [0.29, 0.717) is 33.7 Å². The third kappa shape index (κ3) is 1.99. The van der Waals surface area contributed by atoms with Crippen molar-refractivity contribution < 1.29 is 0 Å². The Labute approximate surface area is 130 Å². The van der Waals surface area contributed by atoms with Crippen LogP contribution >= 0.6 is 0 Å². The van der Waals surface area contributed by atoms with Crippen molar-refractivity contribution in [3.05, 3.63) is 63.9 Å². The number of fused-ring (bicyclic) bond motifs is 2. The minimum absolute atomic E-state index is 0.0362. The number of hydrogen-bond donors (Lipinski definition) is 1. The van der Waals surface area contributed by atoms with Gasteiger partial charge in [-0.2, -0.15) is 5.26 Å². The fourth-order valence-corrected chi connectivity index (χ4v) is 2.61. The Hall–Kier alpha value is -3.46. The first-order valence-electron chi connectivity index (χ1n) is 7.06. The number of aromatic nitrogens is 4. The lowest BCUT2D eigenvalue weighted by Crippen LogP contribution is -2.09. The number of nitrogens with zero attached hydrogens (tertiary/aromatic N) is 4. The number of H-pyrrole nitrogens is 1. The van der Waals surface area contributed by atoms with Crippen molar-refractivity contribution in [1.82, 2.24) is 19.6 Å². The summed E-state index contributed by atoms with van der Waals surface area (Å²) in [6, 6.07) is 12.8. The van der Waals surface area contributed by atoms with Gasteiger partial charge in [-0.25, -0.2) is 9.50 Å². The molecule has 0 unspecified atom stereocenters. The molecule has 6 nitrogen and oxygen atoms in total. The molecule has 110 valence electrons. The highest BCUT2D eigenvalue weighted by Gasteiger charge is 2.14. The van der Waals surface area contributed by atoms with Crippen LogP contribution in [0.4, 0.5) is 0 Å². The zero-order chi connectivity index (χ0) is 16.0. The summed E-state index contributed by atoms with van der Waals surface area (Å²) in [5.41, 5.74) is 2.99. The van der Waals surface area contributed by atoms with Crippen molar-refractivity contribution in [3.63, 3.8) is 0 Å². The summed E-state index contributed by atoms with van der Waals surface area (Å²) in [6.07, 6.45) is 1.61. The summed E-state index contributed by atoms with van der Waals surface area (Å²) in [5, 5.41) is 14.0. The van der Waals surface area contributed by atoms with E-state index in [0.717, 1.165) is 5.52 Å². The van der Waals surface area contributed by atoms with Crippen LogP contribution in [0.3, 0.4) is 0 Å². The summed E-state index contributed by atoms with van der Waals surface area (Å²) in [5.74, 6) is 0.431. The molecule has 1 aromatic carbocycles. The zero-order valence-electron chi connectivity index (χ0n) is 12.2. The van der Waals surface area contributed by atoms with Crippen molar-refractivity contribution in [2.24, 2.45) is 0 Å². The van der Waals surface area contributed by atoms with Gasteiger partial charge in [-0.3, -0.25) is 4.79 Å². The van der Waals surface area contributed by atoms with Gasteiger partial charge in [-0.15, -0.1) is 5.10 Å². The van der Waals surface area contributed by atoms with Crippen LogP contribution in [-0.2, 0) is 0 Å². The molecule has 23 heavy (non-hydrogen) atoms. The van der Waals surface area contributed by atoms with Gasteiger partial charge in [-0.1, -0.05) is 12.1 Å². The first-order chi connectivity index (χ1) is 11.2. The number of aromatic amines is 1. The number of nitrogens with one attached hydrogen (secondary N) is 1. The SMILES string of the molecule is Cc1c(-c2nc3ccc(C#N)cn3n2)[nH]c2ccccc2c1=O. The van der Waals surface area contributed by atoms with Crippen molar-refractivity contribution in [2.75, 3.05) is 0 Å². The second kappa shape index (κ2) is 4.78. The zero-order valence-corrected chi connectivity index (χ0v) is 12.2. The molecule has 3 heterocycles. The first kappa shape index (κ1) is 13.2. The van der Waals surface area contributed by atoms with E-state index in [2.05, 4.69) is 21.1 Å². The van der Waals surface area contributed by atoms with E-state index in [-0.39, 0.29) is 5.43 Å². The fourth-order valence-electron chi connectivity index (χ4n) is 2.61. The quantitative estimate of drug-likeness (QED) is 0.585. The van der Waals surface area contributed by atoms with Crippen molar-refractivity contribution in [1.29, 1.82) is 5.26 Å². The van der Waals surface area contributed by atoms with Gasteiger partial charge >= 0.3 is 0 Å². The largest absolute Gasteiger partial charge is 0.351 e. The predicted octanol–water partition coefficient (Wildman–Crippen LogP) is 2.42. The van der Waals surface area contributed by atoms with Gasteiger partial charge < -0.3 is 4.98 Å². The van der Waals surface area contributed by atoms with Gasteiger partial charge in [0.25, 0.3) is 0 Å². The number of nitriles is 1. The summed E-state index contributed by atoms with van der Waals surface area (Å²) in [7, 11) is 0. The van der Waals surface area contributed by atoms with E-state index in [9.17, 15) is 4.79 Å². The summed E-state index contributed by atoms with van der Waals surface area (Å²) < 4.78 is 1.54. The third-order valence-electron chi connectivity index (χ3n) is 3.83. The van der Waals surface area contributed by atoms with Crippen LogP contribution in [0.5, 0.6) is 0 Å². The highest BCUT2D eigenvalue weighted by Crippen LogP contribution is 2.20. The summed E-state index contributed by atoms with van der Waals surface area (Å²) in [6.45, 7) is 1.76. The molecule has 1 N–H and O–H groups in total. The van der Waals surface area contributed by atoms with Gasteiger partial charge in [0.1, 0.15) is 6.07 Å². The van der Waals surface area contributed by atoms with Gasteiger partial charge in [-0.05, 0) is 31.2 Å². The fraction of sp³-hybridized carbons (Fsp3) is 0.0588. The van der Waals surface area contributed by atoms with E-state index in [1.807, 2.05) is 18.2 Å². The first-order valence-corrected chi connectivity index (χ1v) is 7.06. The van der Waals surface area contributed by atoms with E-state index < -0.39 is 0 Å². The smallest absolute Gasteiger partial charge is 0.198 e. The number of benzene rings is 1. The molecule has 4 rings (SSSR count). The topological polar surface area (TPSA) is 86.8 Å². The molecular formula is C17H11N5O. The number of rotatable bonds is 1. The van der Waals surface area contributed by atoms with E-state index in [1.54, 1.807) is 35.8 Å². The highest BCUT2D eigenvalue weighted by molar-refractivity contribution is 5.82. The van der Waals surface area contributed by atoms with Crippen molar-refractivity contribution >= 4 is 16.6 Å². The second-order valence-electron chi connectivity index (χ2n) is 5.27. The molecule has 0 aliphatic heterocycles. The predicted molar refractivity (Wildman–Crippen MR) is 86.0 cm³/mol. The Morgan fingerprint density at radius 1 is 1.22 bits per heavy atom. The van der Waals surface area contributed by atoms with Crippen LogP contribution in [0.25, 0.3) is 28.1 Å². The van der Waals surface area contributed by atoms with Crippen LogP contribution < -0.4 is 5.43 Å². The maximum atomic E-state index is 12.5. The van der Waals surface area contributed by atoms with Crippen LogP contribution in [0.1, 0.15) is 11.1 Å². The molecule has 3 aromatic heterocycles. The van der Waals surface area contributed by atoms with Gasteiger partial charge in [0.15, 0.2) is 16.9 Å². The average Bonchev–Trinajstić information content (AvgIpc) is 3.00. The van der Waals surface area contributed by atoms with Crippen LogP contribution in [-0.4, -0.2) is 19.6 Å². The highest BCUT2D eigenvalue weighted by atomic mass is 16.1. The number of hydrogen-bond acceptors (Lipinski definition) is 4. The van der Waals surface area contributed by atoms with E-state index in [1.165, 1.54) is 0 Å². The Bertz CT molecular complexity index is 1160. The molecule has 0 saturated heterocycles. The molecule has 0 fully saturated rings. The van der Waals surface area contributed by atoms with Gasteiger partial charge in [0, 0.05) is 22.7 Å². The molecule has 0 bridgehead atoms. The molecule has 0 aliphatic carbocycles. The summed E-state index contributed by atoms with van der Waals surface area (Å²) in [4.78, 5) is 20.2. The number of pyridine rings is 2. The van der Waals surface area contributed by atoms with Crippen LogP contribution in [0.15, 0.2) is 47.4 Å². The van der Waals surface area contributed by atoms with E-state index >= 15 is 0 Å². The van der Waals surface area contributed by atoms with Gasteiger partial charge in [0.2, 0.25) is 0 Å². The molecule has 0 aliphatic rings. The molecule has 0 atom stereocenters. The van der Waals surface area contributed by atoms with Crippen LogP contribution in [0.2, 0.25) is 0 Å². The lowest BCUT2D eigenvalue weighted by molar-refractivity contribution is 0.957. The Morgan fingerprint density at radius 3 is 2.87 bits per heavy atom. The lowest BCUT2D eigenvalue weighted by atomic mass is 10.1. The van der Waals surface area contributed by atoms with E-state index in [4.69, 9.17) is 5.26 Å². The Kier molecular flexibility index (Phi) is 2.75. The molecule has 0 saturated carbocycles. The molecule has 0 amide bonds. The normalized spacial score (nSPS) is 11.0. The minimum Gasteiger partial charge on any atom is -0.351 e. The second-order valence-corrected chi connectivity index (χ2v) is 5.27. The third-order valence-corrected chi connectivity index (χ3v) is 3.83. The molecular weight excluding hydrogens is 290 g/mol. The number of para-hydroxylation sites is 1. The molecule has 0 radical (unpaired) electrons. The Balaban J connectivity index is 2.00. The van der Waals surface area contributed by atoms with Gasteiger partial charge in [0.05, 0.1) is 11.3 Å². The summed E-state index contributed by atoms with van der Waals surface area (Å²) >= 11 is 0. The average molecular weight is 301 g/mol. The maximum Gasteiger partial charge on any atom is 0.198 e. The molecule has 4 aromatic rings. The molecule has 6 heteroatoms. The van der Waals surface area contributed by atoms with Crippen molar-refractivity contribution in [3.8, 4) is 17.6 Å². The lowest BCUT2D eigenvalue weighted by Gasteiger charge is -2.04. The standard InChI is InChI=1S/C17H11N5O/c1-10-15(19-13-5-3-2-4-12(13)16(10)23)17-20-14-7-6-11(8-18)9-22(14)21-17/h2-7,9H,1H3,(H,19,23). The van der Waals surface area contributed by atoms with Crippen LogP contribution in [0, 0.1) is 18.3 Å². The maximum absolute atomic E-state index is 12.5. The Morgan fingerprint density at radius 2 is 2.04 bits per heavy atom. The monoisotopic (exact) mass is 301 g/mol. The minimum atomic E-state index is -0.0362.